The minimum absolute atomic E-state index is 0.126. The van der Waals surface area contributed by atoms with Gasteiger partial charge in [0.1, 0.15) is 29.0 Å². The number of aromatic nitrogens is 2. The van der Waals surface area contributed by atoms with E-state index in [0.717, 1.165) is 25.0 Å². The molecule has 1 aliphatic rings. The van der Waals surface area contributed by atoms with E-state index in [-0.39, 0.29) is 11.9 Å². The molecule has 1 aliphatic heterocycles. The Morgan fingerprint density at radius 1 is 1.15 bits per heavy atom. The number of nitriles is 1. The molecule has 1 saturated heterocycles. The van der Waals surface area contributed by atoms with Crippen LogP contribution >= 0.6 is 0 Å². The maximum absolute atomic E-state index is 10.3. The van der Waals surface area contributed by atoms with Gasteiger partial charge in [-0.2, -0.15) is 10.4 Å². The van der Waals surface area contributed by atoms with Crippen molar-refractivity contribution in [2.75, 3.05) is 6.61 Å². The van der Waals surface area contributed by atoms with Crippen molar-refractivity contribution in [3.63, 3.8) is 0 Å². The van der Waals surface area contributed by atoms with Gasteiger partial charge in [-0.3, -0.25) is 5.10 Å². The second-order valence-corrected chi connectivity index (χ2v) is 6.43. The van der Waals surface area contributed by atoms with Gasteiger partial charge in [0.05, 0.1) is 11.6 Å². The summed E-state index contributed by atoms with van der Waals surface area (Å²) in [5.41, 5.74) is 2.43. The summed E-state index contributed by atoms with van der Waals surface area (Å²) in [4.78, 5) is 0. The van der Waals surface area contributed by atoms with Crippen LogP contribution in [0.25, 0.3) is 11.3 Å². The van der Waals surface area contributed by atoms with Crippen LogP contribution in [-0.4, -0.2) is 21.9 Å². The van der Waals surface area contributed by atoms with E-state index in [1.165, 1.54) is 0 Å². The lowest BCUT2D eigenvalue weighted by Gasteiger charge is -2.22. The Labute approximate surface area is 157 Å². The van der Waals surface area contributed by atoms with Gasteiger partial charge in [-0.05, 0) is 55.7 Å². The summed E-state index contributed by atoms with van der Waals surface area (Å²) in [6.45, 7) is 0.700. The van der Waals surface area contributed by atoms with E-state index in [4.69, 9.17) is 14.7 Å². The number of ether oxygens (including phenoxy) is 2. The molecule has 27 heavy (non-hydrogen) atoms. The average Bonchev–Trinajstić information content (AvgIpc) is 3.13. The number of rotatable bonds is 4. The molecule has 1 atom stereocenters. The molecule has 2 heterocycles. The van der Waals surface area contributed by atoms with Gasteiger partial charge in [0.15, 0.2) is 5.75 Å². The van der Waals surface area contributed by atoms with Crippen molar-refractivity contribution < 1.29 is 14.6 Å². The zero-order valence-corrected chi connectivity index (χ0v) is 14.7. The Hall–Kier alpha value is -3.30. The Morgan fingerprint density at radius 2 is 1.96 bits per heavy atom. The van der Waals surface area contributed by atoms with Crippen molar-refractivity contribution in [2.24, 2.45) is 0 Å². The number of nitrogens with one attached hydrogen (secondary N) is 1. The van der Waals surface area contributed by atoms with Gasteiger partial charge in [0, 0.05) is 12.2 Å². The standard InChI is InChI=1S/C21H19N3O3/c22-13-14-8-10-15(11-9-14)27-21-19(16-5-1-2-6-17(16)25)23-24-20(21)18-7-3-4-12-26-18/h1-2,5-6,8-11,18,25H,3-4,7,12H2,(H,23,24). The lowest BCUT2D eigenvalue weighted by Crippen LogP contribution is -2.12. The first-order chi connectivity index (χ1) is 13.3. The SMILES string of the molecule is N#Cc1ccc(Oc2c(-c3ccccc3O)n[nH]c2C2CCCCO2)cc1. The first-order valence-corrected chi connectivity index (χ1v) is 8.92. The maximum Gasteiger partial charge on any atom is 0.179 e. The number of H-pyrrole nitrogens is 1. The summed E-state index contributed by atoms with van der Waals surface area (Å²) in [5, 5.41) is 26.7. The van der Waals surface area contributed by atoms with E-state index < -0.39 is 0 Å². The van der Waals surface area contributed by atoms with Crippen LogP contribution in [0.2, 0.25) is 0 Å². The zero-order chi connectivity index (χ0) is 18.6. The van der Waals surface area contributed by atoms with E-state index in [1.54, 1.807) is 42.5 Å². The molecular weight excluding hydrogens is 342 g/mol. The molecule has 2 N–H and O–H groups in total. The number of phenolic OH excluding ortho intramolecular Hbond substituents is 1. The summed E-state index contributed by atoms with van der Waals surface area (Å²) < 4.78 is 12.1. The third-order valence-electron chi connectivity index (χ3n) is 4.61. The molecule has 4 rings (SSSR count). The number of aromatic amines is 1. The topological polar surface area (TPSA) is 91.2 Å². The van der Waals surface area contributed by atoms with Gasteiger partial charge in [-0.25, -0.2) is 0 Å². The Balaban J connectivity index is 1.76. The van der Waals surface area contributed by atoms with Crippen molar-refractivity contribution in [3.05, 3.63) is 59.8 Å². The van der Waals surface area contributed by atoms with Crippen LogP contribution in [0.4, 0.5) is 0 Å². The van der Waals surface area contributed by atoms with Crippen molar-refractivity contribution in [3.8, 4) is 34.6 Å². The van der Waals surface area contributed by atoms with Gasteiger partial charge in [0.2, 0.25) is 0 Å². The third kappa shape index (κ3) is 3.50. The van der Waals surface area contributed by atoms with Gasteiger partial charge in [-0.15, -0.1) is 0 Å². The van der Waals surface area contributed by atoms with Crippen molar-refractivity contribution in [1.29, 1.82) is 5.26 Å². The van der Waals surface area contributed by atoms with Crippen LogP contribution in [0.3, 0.4) is 0 Å². The van der Waals surface area contributed by atoms with Crippen LogP contribution in [0, 0.1) is 11.3 Å². The number of hydrogen-bond acceptors (Lipinski definition) is 5. The molecule has 136 valence electrons. The number of phenols is 1. The Kier molecular flexibility index (Phi) is 4.77. The molecule has 6 nitrogen and oxygen atoms in total. The smallest absolute Gasteiger partial charge is 0.179 e. The fourth-order valence-corrected chi connectivity index (χ4v) is 3.21. The van der Waals surface area contributed by atoms with E-state index in [0.29, 0.717) is 34.9 Å². The molecule has 0 saturated carbocycles. The summed E-state index contributed by atoms with van der Waals surface area (Å²) >= 11 is 0. The van der Waals surface area contributed by atoms with Gasteiger partial charge in [0.25, 0.3) is 0 Å². The van der Waals surface area contributed by atoms with Crippen LogP contribution in [0.15, 0.2) is 48.5 Å². The largest absolute Gasteiger partial charge is 0.507 e. The number of nitrogens with zero attached hydrogens (tertiary/aromatic N) is 2. The molecule has 2 aromatic carbocycles. The van der Waals surface area contributed by atoms with Crippen molar-refractivity contribution >= 4 is 0 Å². The highest BCUT2D eigenvalue weighted by Gasteiger charge is 2.27. The van der Waals surface area contributed by atoms with Crippen LogP contribution in [0.1, 0.15) is 36.6 Å². The molecule has 1 aromatic heterocycles. The predicted octanol–water partition coefficient (Wildman–Crippen LogP) is 4.69. The van der Waals surface area contributed by atoms with Gasteiger partial charge in [-0.1, -0.05) is 12.1 Å². The van der Waals surface area contributed by atoms with Gasteiger partial charge < -0.3 is 14.6 Å². The predicted molar refractivity (Wildman–Crippen MR) is 99.5 cm³/mol. The summed E-state index contributed by atoms with van der Waals surface area (Å²) in [7, 11) is 0. The number of para-hydroxylation sites is 1. The highest BCUT2D eigenvalue weighted by molar-refractivity contribution is 5.73. The summed E-state index contributed by atoms with van der Waals surface area (Å²) in [5.74, 6) is 1.25. The highest BCUT2D eigenvalue weighted by Crippen LogP contribution is 2.42. The van der Waals surface area contributed by atoms with Crippen molar-refractivity contribution in [1.82, 2.24) is 10.2 Å². The summed E-state index contributed by atoms with van der Waals surface area (Å²) in [6, 6.07) is 16.0. The molecule has 0 amide bonds. The lowest BCUT2D eigenvalue weighted by atomic mass is 10.0. The molecule has 0 spiro atoms. The summed E-state index contributed by atoms with van der Waals surface area (Å²) in [6.07, 6.45) is 2.88. The second-order valence-electron chi connectivity index (χ2n) is 6.43. The van der Waals surface area contributed by atoms with Gasteiger partial charge >= 0.3 is 0 Å². The van der Waals surface area contributed by atoms with Crippen molar-refractivity contribution in [2.45, 2.75) is 25.4 Å². The zero-order valence-electron chi connectivity index (χ0n) is 14.7. The number of hydrogen-bond donors (Lipinski definition) is 2. The fourth-order valence-electron chi connectivity index (χ4n) is 3.21. The van der Waals surface area contributed by atoms with E-state index >= 15 is 0 Å². The lowest BCUT2D eigenvalue weighted by molar-refractivity contribution is 0.0112. The van der Waals surface area contributed by atoms with Crippen LogP contribution in [-0.2, 0) is 4.74 Å². The number of benzene rings is 2. The van der Waals surface area contributed by atoms with Crippen LogP contribution in [0.5, 0.6) is 17.2 Å². The highest BCUT2D eigenvalue weighted by atomic mass is 16.5. The molecule has 6 heteroatoms. The number of aromatic hydroxyl groups is 1. The quantitative estimate of drug-likeness (QED) is 0.703. The monoisotopic (exact) mass is 361 g/mol. The first-order valence-electron chi connectivity index (χ1n) is 8.92. The fraction of sp³-hybridized carbons (Fsp3) is 0.238. The first kappa shape index (κ1) is 17.1. The van der Waals surface area contributed by atoms with E-state index in [1.807, 2.05) is 6.07 Å². The molecule has 1 unspecified atom stereocenters. The molecule has 1 fully saturated rings. The van der Waals surface area contributed by atoms with E-state index in [9.17, 15) is 5.11 Å². The maximum atomic E-state index is 10.3. The Morgan fingerprint density at radius 3 is 2.67 bits per heavy atom. The average molecular weight is 361 g/mol. The minimum Gasteiger partial charge on any atom is -0.507 e. The molecule has 0 radical (unpaired) electrons. The molecular formula is C21H19N3O3. The molecule has 0 aliphatic carbocycles. The molecule has 0 bridgehead atoms. The minimum atomic E-state index is -0.126. The third-order valence-corrected chi connectivity index (χ3v) is 4.61. The van der Waals surface area contributed by atoms with E-state index in [2.05, 4.69) is 16.3 Å². The molecule has 3 aromatic rings. The second kappa shape index (κ2) is 7.52. The normalized spacial score (nSPS) is 16.6. The Bertz CT molecular complexity index is 967. The van der Waals surface area contributed by atoms with Crippen LogP contribution < -0.4 is 4.74 Å².